The Hall–Kier alpha value is -3.94. The molecule has 0 radical (unpaired) electrons. The molecule has 172 valence electrons. The summed E-state index contributed by atoms with van der Waals surface area (Å²) in [5, 5.41) is 9.25. The summed E-state index contributed by atoms with van der Waals surface area (Å²) in [7, 11) is 1.57. The van der Waals surface area contributed by atoms with E-state index in [2.05, 4.69) is 0 Å². The van der Waals surface area contributed by atoms with Crippen molar-refractivity contribution < 1.29 is 33.0 Å². The zero-order valence-electron chi connectivity index (χ0n) is 18.0. The number of carbonyl (C=O) groups is 2. The maximum absolute atomic E-state index is 14.1. The van der Waals surface area contributed by atoms with Crippen molar-refractivity contribution in [2.24, 2.45) is 0 Å². The SMILES string of the molecule is COc1ccc(CCN(Cc2ccc(F)cc2)C(=O)COc2c(F)cccc2C(=O)O)cc1. The molecule has 0 saturated heterocycles. The molecule has 3 aromatic rings. The van der Waals surface area contributed by atoms with Gasteiger partial charge in [-0.25, -0.2) is 13.6 Å². The number of carbonyl (C=O) groups excluding carboxylic acids is 1. The largest absolute Gasteiger partial charge is 0.497 e. The number of hydrogen-bond donors (Lipinski definition) is 1. The molecule has 3 rings (SSSR count). The Morgan fingerprint density at radius 3 is 2.24 bits per heavy atom. The molecule has 0 aliphatic heterocycles. The fourth-order valence-corrected chi connectivity index (χ4v) is 3.21. The third-order valence-electron chi connectivity index (χ3n) is 5.01. The second-order valence-corrected chi connectivity index (χ2v) is 7.25. The van der Waals surface area contributed by atoms with Crippen molar-refractivity contribution in [3.8, 4) is 11.5 Å². The van der Waals surface area contributed by atoms with Crippen LogP contribution in [0.2, 0.25) is 0 Å². The predicted octanol–water partition coefficient (Wildman–Crippen LogP) is 4.32. The molecule has 6 nitrogen and oxygen atoms in total. The van der Waals surface area contributed by atoms with Crippen molar-refractivity contribution >= 4 is 11.9 Å². The molecule has 3 aromatic carbocycles. The van der Waals surface area contributed by atoms with Crippen LogP contribution in [0.4, 0.5) is 8.78 Å². The smallest absolute Gasteiger partial charge is 0.339 e. The molecular formula is C25H23F2NO5. The monoisotopic (exact) mass is 455 g/mol. The Morgan fingerprint density at radius 2 is 1.61 bits per heavy atom. The van der Waals surface area contributed by atoms with Crippen molar-refractivity contribution in [3.63, 3.8) is 0 Å². The van der Waals surface area contributed by atoms with Crippen LogP contribution in [0.15, 0.2) is 66.7 Å². The summed E-state index contributed by atoms with van der Waals surface area (Å²) in [5.41, 5.74) is 1.30. The van der Waals surface area contributed by atoms with Crippen LogP contribution in [0.3, 0.4) is 0 Å². The number of nitrogens with zero attached hydrogens (tertiary/aromatic N) is 1. The van der Waals surface area contributed by atoms with Gasteiger partial charge in [0.05, 0.1) is 7.11 Å². The molecule has 0 saturated carbocycles. The average Bonchev–Trinajstić information content (AvgIpc) is 2.82. The lowest BCUT2D eigenvalue weighted by molar-refractivity contribution is -0.134. The number of carboxylic acids is 1. The zero-order valence-corrected chi connectivity index (χ0v) is 18.0. The molecule has 0 atom stereocenters. The molecule has 0 fully saturated rings. The van der Waals surface area contributed by atoms with E-state index in [1.54, 1.807) is 19.2 Å². The highest BCUT2D eigenvalue weighted by molar-refractivity contribution is 5.91. The van der Waals surface area contributed by atoms with Gasteiger partial charge in [0, 0.05) is 13.1 Å². The highest BCUT2D eigenvalue weighted by atomic mass is 19.1. The summed E-state index contributed by atoms with van der Waals surface area (Å²) < 4.78 is 37.8. The summed E-state index contributed by atoms with van der Waals surface area (Å²) in [5.74, 6) is -2.86. The van der Waals surface area contributed by atoms with Crippen LogP contribution >= 0.6 is 0 Å². The molecule has 1 N–H and O–H groups in total. The van der Waals surface area contributed by atoms with Gasteiger partial charge in [0.2, 0.25) is 0 Å². The minimum atomic E-state index is -1.36. The number of halogens is 2. The van der Waals surface area contributed by atoms with Crippen molar-refractivity contribution in [2.75, 3.05) is 20.3 Å². The van der Waals surface area contributed by atoms with Crippen LogP contribution in [0.5, 0.6) is 11.5 Å². The molecule has 0 heterocycles. The number of methoxy groups -OCH3 is 1. The van der Waals surface area contributed by atoms with Gasteiger partial charge in [0.1, 0.15) is 17.1 Å². The van der Waals surface area contributed by atoms with Gasteiger partial charge >= 0.3 is 5.97 Å². The normalized spacial score (nSPS) is 10.5. The van der Waals surface area contributed by atoms with Gasteiger partial charge in [-0.05, 0) is 53.9 Å². The first-order valence-corrected chi connectivity index (χ1v) is 10.2. The first-order valence-electron chi connectivity index (χ1n) is 10.2. The minimum Gasteiger partial charge on any atom is -0.497 e. The van der Waals surface area contributed by atoms with Gasteiger partial charge in [-0.3, -0.25) is 4.79 Å². The van der Waals surface area contributed by atoms with E-state index >= 15 is 0 Å². The topological polar surface area (TPSA) is 76.1 Å². The van der Waals surface area contributed by atoms with Crippen LogP contribution in [0.25, 0.3) is 0 Å². The molecule has 0 bridgehead atoms. The fourth-order valence-electron chi connectivity index (χ4n) is 3.21. The Kier molecular flexibility index (Phi) is 7.96. The van der Waals surface area contributed by atoms with E-state index in [9.17, 15) is 23.5 Å². The highest BCUT2D eigenvalue weighted by Gasteiger charge is 2.20. The summed E-state index contributed by atoms with van der Waals surface area (Å²) in [6, 6.07) is 16.7. The summed E-state index contributed by atoms with van der Waals surface area (Å²) >= 11 is 0. The first-order chi connectivity index (χ1) is 15.9. The molecule has 1 amide bonds. The van der Waals surface area contributed by atoms with Gasteiger partial charge in [-0.2, -0.15) is 0 Å². The van der Waals surface area contributed by atoms with Gasteiger partial charge < -0.3 is 19.5 Å². The van der Waals surface area contributed by atoms with Gasteiger partial charge in [0.15, 0.2) is 18.2 Å². The van der Waals surface area contributed by atoms with E-state index in [0.29, 0.717) is 24.3 Å². The summed E-state index contributed by atoms with van der Waals surface area (Å²) in [6.45, 7) is -0.0539. The molecule has 0 spiro atoms. The highest BCUT2D eigenvalue weighted by Crippen LogP contribution is 2.23. The molecule has 0 aromatic heterocycles. The van der Waals surface area contributed by atoms with E-state index in [0.717, 1.165) is 11.6 Å². The molecule has 0 aliphatic carbocycles. The summed E-state index contributed by atoms with van der Waals surface area (Å²) in [4.78, 5) is 25.8. The molecule has 0 unspecified atom stereocenters. The van der Waals surface area contributed by atoms with E-state index in [4.69, 9.17) is 9.47 Å². The van der Waals surface area contributed by atoms with Gasteiger partial charge in [0.25, 0.3) is 5.91 Å². The lowest BCUT2D eigenvalue weighted by Crippen LogP contribution is -2.36. The standard InChI is InChI=1S/C25H23F2NO5/c1-32-20-11-7-17(8-12-20)13-14-28(15-18-5-9-19(26)10-6-18)23(29)16-33-24-21(25(30)31)3-2-4-22(24)27/h2-12H,13-16H2,1H3,(H,30,31). The average molecular weight is 455 g/mol. The number of aromatic carboxylic acids is 1. The second kappa shape index (κ2) is 11.1. The van der Waals surface area contributed by atoms with Crippen molar-refractivity contribution in [1.82, 2.24) is 4.90 Å². The number of carboxylic acid groups (broad SMARTS) is 1. The van der Waals surface area contributed by atoms with Crippen LogP contribution in [0, 0.1) is 11.6 Å². The van der Waals surface area contributed by atoms with Gasteiger partial charge in [-0.1, -0.05) is 30.3 Å². The molecular weight excluding hydrogens is 432 g/mol. The number of ether oxygens (including phenoxy) is 2. The number of rotatable bonds is 10. The summed E-state index contributed by atoms with van der Waals surface area (Å²) in [6.07, 6.45) is 0.525. The number of amides is 1. The lowest BCUT2D eigenvalue weighted by atomic mass is 10.1. The Balaban J connectivity index is 1.73. The first kappa shape index (κ1) is 23.7. The van der Waals surface area contributed by atoms with E-state index in [-0.39, 0.29) is 17.9 Å². The Labute approximate surface area is 190 Å². The van der Waals surface area contributed by atoms with Crippen LogP contribution < -0.4 is 9.47 Å². The van der Waals surface area contributed by atoms with Crippen molar-refractivity contribution in [3.05, 3.63) is 95.1 Å². The molecule has 8 heteroatoms. The number of para-hydroxylation sites is 1. The predicted molar refractivity (Wildman–Crippen MR) is 117 cm³/mol. The van der Waals surface area contributed by atoms with E-state index < -0.39 is 30.1 Å². The zero-order chi connectivity index (χ0) is 23.8. The third kappa shape index (κ3) is 6.52. The van der Waals surface area contributed by atoms with Crippen LogP contribution in [0.1, 0.15) is 21.5 Å². The quantitative estimate of drug-likeness (QED) is 0.493. The van der Waals surface area contributed by atoms with E-state index in [1.165, 1.54) is 29.2 Å². The second-order valence-electron chi connectivity index (χ2n) is 7.25. The lowest BCUT2D eigenvalue weighted by Gasteiger charge is -2.23. The Morgan fingerprint density at radius 1 is 0.939 bits per heavy atom. The van der Waals surface area contributed by atoms with Gasteiger partial charge in [-0.15, -0.1) is 0 Å². The third-order valence-corrected chi connectivity index (χ3v) is 5.01. The number of benzene rings is 3. The fraction of sp³-hybridized carbons (Fsp3) is 0.200. The van der Waals surface area contributed by atoms with Crippen LogP contribution in [-0.4, -0.2) is 42.1 Å². The minimum absolute atomic E-state index is 0.182. The molecule has 0 aliphatic rings. The van der Waals surface area contributed by atoms with E-state index in [1.807, 2.05) is 24.3 Å². The van der Waals surface area contributed by atoms with Crippen molar-refractivity contribution in [1.29, 1.82) is 0 Å². The Bertz CT molecular complexity index is 1100. The number of hydrogen-bond acceptors (Lipinski definition) is 4. The maximum atomic E-state index is 14.1. The maximum Gasteiger partial charge on any atom is 0.339 e. The molecule has 33 heavy (non-hydrogen) atoms. The van der Waals surface area contributed by atoms with Crippen molar-refractivity contribution in [2.45, 2.75) is 13.0 Å². The van der Waals surface area contributed by atoms with Crippen LogP contribution in [-0.2, 0) is 17.8 Å².